The third-order valence-corrected chi connectivity index (χ3v) is 1.01. The molecule has 0 fully saturated rings. The summed E-state index contributed by atoms with van der Waals surface area (Å²) in [7, 11) is 1.90. The zero-order valence-electron chi connectivity index (χ0n) is 5.13. The van der Waals surface area contributed by atoms with Gasteiger partial charge in [0, 0.05) is 7.05 Å². The van der Waals surface area contributed by atoms with Crippen molar-refractivity contribution >= 4 is 0 Å². The summed E-state index contributed by atoms with van der Waals surface area (Å²) in [5.41, 5.74) is 1.00. The highest BCUT2D eigenvalue weighted by molar-refractivity contribution is 4.97. The molecular formula is C5H9N3. The van der Waals surface area contributed by atoms with Gasteiger partial charge >= 0.3 is 0 Å². The Bertz CT molecular complexity index is 137. The van der Waals surface area contributed by atoms with Crippen LogP contribution in [0, 0.1) is 0 Å². The van der Waals surface area contributed by atoms with Gasteiger partial charge in [-0.25, -0.2) is 0 Å². The fraction of sp³-hybridized carbons (Fsp3) is 0.600. The van der Waals surface area contributed by atoms with E-state index in [0.29, 0.717) is 0 Å². The lowest BCUT2D eigenvalue weighted by molar-refractivity contribution is 0.354. The molecule has 1 aliphatic rings. The van der Waals surface area contributed by atoms with Crippen LogP contribution in [0.15, 0.2) is 22.1 Å². The van der Waals surface area contributed by atoms with Gasteiger partial charge in [-0.3, -0.25) is 5.01 Å². The molecular weight excluding hydrogens is 102 g/mol. The SMILES string of the molecule is CC1=CCN(C)N=N1. The third kappa shape index (κ3) is 1.05. The highest BCUT2D eigenvalue weighted by Gasteiger charge is 1.95. The standard InChI is InChI=1S/C5H9N3/c1-5-3-4-8(2)7-6-5/h3H,4H2,1-2H3. The lowest BCUT2D eigenvalue weighted by Gasteiger charge is -2.11. The number of nitrogens with zero attached hydrogens (tertiary/aromatic N) is 3. The van der Waals surface area contributed by atoms with Gasteiger partial charge in [0.05, 0.1) is 12.2 Å². The van der Waals surface area contributed by atoms with Crippen LogP contribution in [0.2, 0.25) is 0 Å². The fourth-order valence-electron chi connectivity index (χ4n) is 0.488. The van der Waals surface area contributed by atoms with E-state index in [0.717, 1.165) is 12.2 Å². The molecule has 0 radical (unpaired) electrons. The molecule has 1 heterocycles. The Hall–Kier alpha value is -0.860. The lowest BCUT2D eigenvalue weighted by atomic mass is 10.4. The van der Waals surface area contributed by atoms with Crippen LogP contribution in [-0.2, 0) is 0 Å². The van der Waals surface area contributed by atoms with E-state index >= 15 is 0 Å². The van der Waals surface area contributed by atoms with Crippen LogP contribution in [0.25, 0.3) is 0 Å². The molecule has 0 amide bonds. The first-order chi connectivity index (χ1) is 3.79. The molecule has 0 aromatic rings. The first kappa shape index (κ1) is 5.28. The molecule has 3 heteroatoms. The Morgan fingerprint density at radius 2 is 2.50 bits per heavy atom. The molecule has 0 aliphatic carbocycles. The van der Waals surface area contributed by atoms with Gasteiger partial charge in [0.25, 0.3) is 0 Å². The maximum atomic E-state index is 3.82. The van der Waals surface area contributed by atoms with Crippen LogP contribution in [0.4, 0.5) is 0 Å². The molecule has 44 valence electrons. The van der Waals surface area contributed by atoms with Crippen molar-refractivity contribution in [1.29, 1.82) is 0 Å². The normalized spacial score (nSPS) is 18.8. The number of hydrogen-bond acceptors (Lipinski definition) is 3. The summed E-state index contributed by atoms with van der Waals surface area (Å²) >= 11 is 0. The van der Waals surface area contributed by atoms with E-state index in [-0.39, 0.29) is 0 Å². The topological polar surface area (TPSA) is 28.0 Å². The largest absolute Gasteiger partial charge is 0.278 e. The first-order valence-corrected chi connectivity index (χ1v) is 2.58. The van der Waals surface area contributed by atoms with Crippen molar-refractivity contribution in [2.45, 2.75) is 6.92 Å². The van der Waals surface area contributed by atoms with E-state index in [9.17, 15) is 0 Å². The van der Waals surface area contributed by atoms with Crippen molar-refractivity contribution in [1.82, 2.24) is 5.01 Å². The van der Waals surface area contributed by atoms with Crippen LogP contribution in [0.3, 0.4) is 0 Å². The van der Waals surface area contributed by atoms with Gasteiger partial charge in [-0.05, 0) is 13.0 Å². The third-order valence-electron chi connectivity index (χ3n) is 1.01. The zero-order chi connectivity index (χ0) is 5.98. The molecule has 0 atom stereocenters. The highest BCUT2D eigenvalue weighted by Crippen LogP contribution is 2.02. The second-order valence-electron chi connectivity index (χ2n) is 1.88. The van der Waals surface area contributed by atoms with Gasteiger partial charge in [0.1, 0.15) is 0 Å². The Morgan fingerprint density at radius 1 is 1.75 bits per heavy atom. The summed E-state index contributed by atoms with van der Waals surface area (Å²) in [4.78, 5) is 0. The molecule has 0 N–H and O–H groups in total. The van der Waals surface area contributed by atoms with Crippen LogP contribution < -0.4 is 0 Å². The summed E-state index contributed by atoms with van der Waals surface area (Å²) in [5, 5.41) is 9.41. The van der Waals surface area contributed by atoms with E-state index in [1.807, 2.05) is 20.0 Å². The number of likely N-dealkylation sites (N-methyl/N-ethyl adjacent to an activating group) is 1. The number of allylic oxidation sites excluding steroid dienone is 1. The Labute approximate surface area is 48.7 Å². The monoisotopic (exact) mass is 111 g/mol. The molecule has 0 spiro atoms. The Balaban J connectivity index is 2.58. The van der Waals surface area contributed by atoms with Crippen LogP contribution in [0.1, 0.15) is 6.92 Å². The van der Waals surface area contributed by atoms with Gasteiger partial charge in [-0.15, -0.1) is 5.11 Å². The van der Waals surface area contributed by atoms with Crippen molar-refractivity contribution in [2.24, 2.45) is 10.3 Å². The van der Waals surface area contributed by atoms with Crippen molar-refractivity contribution in [3.63, 3.8) is 0 Å². The van der Waals surface area contributed by atoms with Crippen molar-refractivity contribution in [2.75, 3.05) is 13.6 Å². The summed E-state index contributed by atoms with van der Waals surface area (Å²) in [6.07, 6.45) is 2.03. The van der Waals surface area contributed by atoms with Gasteiger partial charge in [0.2, 0.25) is 0 Å². The molecule has 0 unspecified atom stereocenters. The van der Waals surface area contributed by atoms with E-state index in [1.54, 1.807) is 5.01 Å². The smallest absolute Gasteiger partial charge is 0.0595 e. The minimum Gasteiger partial charge on any atom is -0.278 e. The van der Waals surface area contributed by atoms with E-state index in [4.69, 9.17) is 0 Å². The van der Waals surface area contributed by atoms with E-state index in [1.165, 1.54) is 0 Å². The van der Waals surface area contributed by atoms with Gasteiger partial charge in [-0.2, -0.15) is 0 Å². The average Bonchev–Trinajstić information content (AvgIpc) is 1.77. The molecule has 1 rings (SSSR count). The molecule has 0 saturated heterocycles. The molecule has 0 bridgehead atoms. The van der Waals surface area contributed by atoms with Gasteiger partial charge in [-0.1, -0.05) is 5.22 Å². The summed E-state index contributed by atoms with van der Waals surface area (Å²) in [6.45, 7) is 2.83. The van der Waals surface area contributed by atoms with Gasteiger partial charge in [0.15, 0.2) is 0 Å². The predicted octanol–water partition coefficient (Wildman–Crippen LogP) is 1.20. The second-order valence-corrected chi connectivity index (χ2v) is 1.88. The Morgan fingerprint density at radius 3 is 2.88 bits per heavy atom. The molecule has 0 saturated carbocycles. The highest BCUT2D eigenvalue weighted by atomic mass is 15.5. The second kappa shape index (κ2) is 1.94. The van der Waals surface area contributed by atoms with Crippen molar-refractivity contribution in [3.05, 3.63) is 11.8 Å². The predicted molar refractivity (Wildman–Crippen MR) is 31.2 cm³/mol. The molecule has 3 nitrogen and oxygen atoms in total. The maximum absolute atomic E-state index is 3.82. The summed E-state index contributed by atoms with van der Waals surface area (Å²) < 4.78 is 0. The van der Waals surface area contributed by atoms with E-state index in [2.05, 4.69) is 10.3 Å². The van der Waals surface area contributed by atoms with E-state index < -0.39 is 0 Å². The molecule has 8 heavy (non-hydrogen) atoms. The zero-order valence-corrected chi connectivity index (χ0v) is 5.13. The number of hydrogen-bond donors (Lipinski definition) is 0. The minimum absolute atomic E-state index is 0.884. The average molecular weight is 111 g/mol. The lowest BCUT2D eigenvalue weighted by Crippen LogP contribution is -2.12. The van der Waals surface area contributed by atoms with Gasteiger partial charge < -0.3 is 0 Å². The molecule has 0 aromatic heterocycles. The Kier molecular flexibility index (Phi) is 1.28. The summed E-state index contributed by atoms with van der Waals surface area (Å²) in [5.74, 6) is 0. The van der Waals surface area contributed by atoms with Crippen molar-refractivity contribution in [3.8, 4) is 0 Å². The quantitative estimate of drug-likeness (QED) is 0.461. The van der Waals surface area contributed by atoms with Crippen molar-refractivity contribution < 1.29 is 0 Å². The summed E-state index contributed by atoms with van der Waals surface area (Å²) in [6, 6.07) is 0. The van der Waals surface area contributed by atoms with Crippen LogP contribution in [0.5, 0.6) is 0 Å². The molecule has 1 aliphatic heterocycles. The fourth-order valence-corrected chi connectivity index (χ4v) is 0.488. The van der Waals surface area contributed by atoms with Crippen LogP contribution >= 0.6 is 0 Å². The maximum Gasteiger partial charge on any atom is 0.0595 e. The van der Waals surface area contributed by atoms with Crippen LogP contribution in [-0.4, -0.2) is 18.6 Å². The first-order valence-electron chi connectivity index (χ1n) is 2.58. The minimum atomic E-state index is 0.884. The number of rotatable bonds is 0. The molecule has 0 aromatic carbocycles.